The number of urea groups is 1. The van der Waals surface area contributed by atoms with Crippen molar-refractivity contribution in [1.82, 2.24) is 9.80 Å². The average Bonchev–Trinajstić information content (AvgIpc) is 3.06. The number of imide groups is 1. The highest BCUT2D eigenvalue weighted by molar-refractivity contribution is 6.04. The quantitative estimate of drug-likeness (QED) is 0.688. The van der Waals surface area contributed by atoms with E-state index in [4.69, 9.17) is 9.47 Å². The summed E-state index contributed by atoms with van der Waals surface area (Å²) in [6.07, 6.45) is 6.02. The number of nitrogens with zero attached hydrogens (tertiary/aromatic N) is 2. The highest BCUT2D eigenvalue weighted by atomic mass is 16.7. The zero-order chi connectivity index (χ0) is 14.4. The molecule has 1 aliphatic carbocycles. The van der Waals surface area contributed by atoms with E-state index in [-0.39, 0.29) is 24.0 Å². The largest absolute Gasteiger partial charge is 0.348 e. The summed E-state index contributed by atoms with van der Waals surface area (Å²) in [4.78, 5) is 28.4. The minimum Gasteiger partial charge on any atom is -0.348 e. The van der Waals surface area contributed by atoms with Gasteiger partial charge in [-0.05, 0) is 32.1 Å². The van der Waals surface area contributed by atoms with Crippen LogP contribution in [0.5, 0.6) is 0 Å². The molecular weight excluding hydrogens is 272 g/mol. The molecule has 0 unspecified atom stereocenters. The molecule has 4 rings (SSSR count). The van der Waals surface area contributed by atoms with Gasteiger partial charge in [0.25, 0.3) is 5.91 Å². The molecule has 6 heteroatoms. The molecule has 3 aliphatic heterocycles. The van der Waals surface area contributed by atoms with Crippen molar-refractivity contribution in [2.45, 2.75) is 62.8 Å². The van der Waals surface area contributed by atoms with Crippen LogP contribution in [-0.4, -0.2) is 59.4 Å². The Balaban J connectivity index is 1.47. The van der Waals surface area contributed by atoms with Gasteiger partial charge in [-0.15, -0.1) is 0 Å². The fraction of sp³-hybridized carbons (Fsp3) is 0.867. The predicted octanol–water partition coefficient (Wildman–Crippen LogP) is 1.49. The molecule has 1 saturated carbocycles. The second-order valence-corrected chi connectivity index (χ2v) is 6.53. The Labute approximate surface area is 124 Å². The van der Waals surface area contributed by atoms with Gasteiger partial charge in [0.15, 0.2) is 5.79 Å². The minimum atomic E-state index is -0.435. The van der Waals surface area contributed by atoms with Gasteiger partial charge < -0.3 is 14.4 Å². The van der Waals surface area contributed by atoms with Crippen LogP contribution in [0.4, 0.5) is 4.79 Å². The van der Waals surface area contributed by atoms with Gasteiger partial charge in [0.2, 0.25) is 0 Å². The Bertz CT molecular complexity index is 427. The molecule has 1 atom stereocenters. The monoisotopic (exact) mass is 294 g/mol. The lowest BCUT2D eigenvalue weighted by Crippen LogP contribution is -2.47. The summed E-state index contributed by atoms with van der Waals surface area (Å²) in [5.74, 6) is -0.413. The van der Waals surface area contributed by atoms with Crippen LogP contribution in [0.25, 0.3) is 0 Å². The molecule has 3 heterocycles. The molecule has 21 heavy (non-hydrogen) atoms. The summed E-state index contributed by atoms with van der Waals surface area (Å²) in [5, 5.41) is 0. The van der Waals surface area contributed by atoms with Gasteiger partial charge in [-0.25, -0.2) is 4.79 Å². The first-order valence-corrected chi connectivity index (χ1v) is 8.12. The SMILES string of the molecule is O=C1[C@@H]2CCCCN2C(=O)N1C1CCC2(CC1)OCCO2. The summed E-state index contributed by atoms with van der Waals surface area (Å²) in [6, 6.07) is -0.242. The summed E-state index contributed by atoms with van der Waals surface area (Å²) >= 11 is 0. The number of amides is 3. The second-order valence-electron chi connectivity index (χ2n) is 6.53. The third kappa shape index (κ3) is 2.07. The van der Waals surface area contributed by atoms with E-state index >= 15 is 0 Å². The molecule has 4 aliphatic rings. The lowest BCUT2D eigenvalue weighted by Gasteiger charge is -2.38. The van der Waals surface area contributed by atoms with Gasteiger partial charge in [-0.3, -0.25) is 9.69 Å². The van der Waals surface area contributed by atoms with Crippen molar-refractivity contribution in [2.75, 3.05) is 19.8 Å². The maximum atomic E-state index is 12.6. The van der Waals surface area contributed by atoms with Crippen molar-refractivity contribution < 1.29 is 19.1 Å². The molecule has 0 N–H and O–H groups in total. The number of fused-ring (bicyclic) bond motifs is 1. The van der Waals surface area contributed by atoms with Gasteiger partial charge in [0, 0.05) is 25.4 Å². The number of piperidine rings is 1. The second kappa shape index (κ2) is 4.95. The number of hydrogen-bond acceptors (Lipinski definition) is 4. The van der Waals surface area contributed by atoms with Crippen LogP contribution in [0, 0.1) is 0 Å². The Morgan fingerprint density at radius 2 is 1.71 bits per heavy atom. The molecule has 1 spiro atoms. The smallest absolute Gasteiger partial charge is 0.327 e. The van der Waals surface area contributed by atoms with Gasteiger partial charge in [0.1, 0.15) is 6.04 Å². The molecule has 0 aromatic carbocycles. The molecule has 6 nitrogen and oxygen atoms in total. The third-order valence-electron chi connectivity index (χ3n) is 5.37. The van der Waals surface area contributed by atoms with Gasteiger partial charge in [-0.1, -0.05) is 0 Å². The predicted molar refractivity (Wildman–Crippen MR) is 73.5 cm³/mol. The van der Waals surface area contributed by atoms with Crippen molar-refractivity contribution in [3.63, 3.8) is 0 Å². The molecule has 0 aromatic rings. The van der Waals surface area contributed by atoms with E-state index in [1.165, 1.54) is 4.90 Å². The Morgan fingerprint density at radius 3 is 2.38 bits per heavy atom. The fourth-order valence-corrected chi connectivity index (χ4v) is 4.23. The standard InChI is InChI=1S/C15H22N2O4/c18-13-12-3-1-2-8-16(12)14(19)17(13)11-4-6-15(7-5-11)20-9-10-21-15/h11-12H,1-10H2/t12-/m0/s1. The van der Waals surface area contributed by atoms with Crippen LogP contribution < -0.4 is 0 Å². The van der Waals surface area contributed by atoms with Gasteiger partial charge in [0.05, 0.1) is 13.2 Å². The normalized spacial score (nSPS) is 33.0. The van der Waals surface area contributed by atoms with E-state index in [0.717, 1.165) is 51.5 Å². The third-order valence-corrected chi connectivity index (χ3v) is 5.37. The van der Waals surface area contributed by atoms with Crippen LogP contribution in [0.2, 0.25) is 0 Å². The van der Waals surface area contributed by atoms with E-state index < -0.39 is 5.79 Å². The fourth-order valence-electron chi connectivity index (χ4n) is 4.23. The van der Waals surface area contributed by atoms with Crippen LogP contribution in [0.1, 0.15) is 44.9 Å². The number of ether oxygens (including phenoxy) is 2. The highest BCUT2D eigenvalue weighted by Crippen LogP contribution is 2.39. The zero-order valence-corrected chi connectivity index (χ0v) is 12.3. The number of carbonyl (C=O) groups excluding carboxylic acids is 2. The maximum Gasteiger partial charge on any atom is 0.327 e. The lowest BCUT2D eigenvalue weighted by molar-refractivity contribution is -0.183. The van der Waals surface area contributed by atoms with Crippen LogP contribution in [0.15, 0.2) is 0 Å². The maximum absolute atomic E-state index is 12.6. The highest BCUT2D eigenvalue weighted by Gasteiger charge is 2.51. The summed E-state index contributed by atoms with van der Waals surface area (Å²) in [6.45, 7) is 2.04. The van der Waals surface area contributed by atoms with Gasteiger partial charge in [-0.2, -0.15) is 0 Å². The molecule has 3 saturated heterocycles. The van der Waals surface area contributed by atoms with E-state index in [9.17, 15) is 9.59 Å². The minimum absolute atomic E-state index is 0.0221. The van der Waals surface area contributed by atoms with Gasteiger partial charge >= 0.3 is 6.03 Å². The van der Waals surface area contributed by atoms with E-state index in [2.05, 4.69) is 0 Å². The van der Waals surface area contributed by atoms with Crippen molar-refractivity contribution in [3.8, 4) is 0 Å². The first kappa shape index (κ1) is 13.5. The lowest BCUT2D eigenvalue weighted by atomic mass is 9.89. The Hall–Kier alpha value is -1.14. The first-order valence-electron chi connectivity index (χ1n) is 8.12. The Kier molecular flexibility index (Phi) is 3.19. The van der Waals surface area contributed by atoms with E-state index in [0.29, 0.717) is 13.2 Å². The zero-order valence-electron chi connectivity index (χ0n) is 12.3. The topological polar surface area (TPSA) is 59.1 Å². The Morgan fingerprint density at radius 1 is 1.00 bits per heavy atom. The average molecular weight is 294 g/mol. The number of hydrogen-bond donors (Lipinski definition) is 0. The van der Waals surface area contributed by atoms with E-state index in [1.807, 2.05) is 0 Å². The molecule has 3 amide bonds. The number of carbonyl (C=O) groups is 2. The van der Waals surface area contributed by atoms with Crippen molar-refractivity contribution in [3.05, 3.63) is 0 Å². The van der Waals surface area contributed by atoms with E-state index in [1.54, 1.807) is 4.90 Å². The summed E-state index contributed by atoms with van der Waals surface area (Å²) in [5.41, 5.74) is 0. The number of rotatable bonds is 1. The van der Waals surface area contributed by atoms with Crippen molar-refractivity contribution >= 4 is 11.9 Å². The summed E-state index contributed by atoms with van der Waals surface area (Å²) in [7, 11) is 0. The molecule has 0 aromatic heterocycles. The molecule has 116 valence electrons. The van der Waals surface area contributed by atoms with Crippen molar-refractivity contribution in [2.24, 2.45) is 0 Å². The molecular formula is C15H22N2O4. The molecule has 4 fully saturated rings. The van der Waals surface area contributed by atoms with Crippen LogP contribution >= 0.6 is 0 Å². The van der Waals surface area contributed by atoms with Crippen LogP contribution in [-0.2, 0) is 14.3 Å². The molecule has 0 bridgehead atoms. The summed E-state index contributed by atoms with van der Waals surface area (Å²) < 4.78 is 11.4. The van der Waals surface area contributed by atoms with Crippen LogP contribution in [0.3, 0.4) is 0 Å². The molecule has 0 radical (unpaired) electrons. The van der Waals surface area contributed by atoms with Crippen molar-refractivity contribution in [1.29, 1.82) is 0 Å². The first-order chi connectivity index (χ1) is 10.2.